The first-order valence-corrected chi connectivity index (χ1v) is 6.93. The van der Waals surface area contributed by atoms with Crippen LogP contribution in [0.2, 0.25) is 10.0 Å². The number of hydrogen-bond acceptors (Lipinski definition) is 3. The fourth-order valence-electron chi connectivity index (χ4n) is 2.14. The van der Waals surface area contributed by atoms with Crippen LogP contribution in [-0.2, 0) is 6.42 Å². The van der Waals surface area contributed by atoms with Crippen molar-refractivity contribution < 1.29 is 4.74 Å². The van der Waals surface area contributed by atoms with E-state index >= 15 is 0 Å². The monoisotopic (exact) mass is 310 g/mol. The van der Waals surface area contributed by atoms with Crippen molar-refractivity contribution in [2.75, 3.05) is 7.11 Å². The SMILES string of the molecule is COc1ccccc1CC(NN)c1cc(Cl)cc(Cl)c1. The molecule has 2 rings (SSSR count). The molecular formula is C15H16Cl2N2O. The highest BCUT2D eigenvalue weighted by Crippen LogP contribution is 2.28. The molecule has 5 heteroatoms. The van der Waals surface area contributed by atoms with Crippen molar-refractivity contribution in [1.29, 1.82) is 0 Å². The summed E-state index contributed by atoms with van der Waals surface area (Å²) in [5, 5.41) is 1.18. The lowest BCUT2D eigenvalue weighted by atomic mass is 9.99. The van der Waals surface area contributed by atoms with E-state index in [4.69, 9.17) is 33.8 Å². The van der Waals surface area contributed by atoms with Gasteiger partial charge in [-0.05, 0) is 41.8 Å². The average molecular weight is 311 g/mol. The highest BCUT2D eigenvalue weighted by Gasteiger charge is 2.14. The highest BCUT2D eigenvalue weighted by atomic mass is 35.5. The molecule has 3 N–H and O–H groups in total. The Bertz CT molecular complexity index is 570. The number of rotatable bonds is 5. The molecule has 3 nitrogen and oxygen atoms in total. The summed E-state index contributed by atoms with van der Waals surface area (Å²) >= 11 is 12.1. The quantitative estimate of drug-likeness (QED) is 0.653. The summed E-state index contributed by atoms with van der Waals surface area (Å²) in [6.45, 7) is 0. The minimum atomic E-state index is -0.0949. The Morgan fingerprint density at radius 2 is 1.80 bits per heavy atom. The zero-order valence-electron chi connectivity index (χ0n) is 11.1. The van der Waals surface area contributed by atoms with E-state index in [0.717, 1.165) is 16.9 Å². The molecule has 0 saturated carbocycles. The molecule has 0 radical (unpaired) electrons. The molecule has 1 atom stereocenters. The first-order valence-electron chi connectivity index (χ1n) is 6.18. The van der Waals surface area contributed by atoms with Crippen LogP contribution in [0.15, 0.2) is 42.5 Å². The van der Waals surface area contributed by atoms with Gasteiger partial charge in [-0.25, -0.2) is 0 Å². The van der Waals surface area contributed by atoms with Gasteiger partial charge >= 0.3 is 0 Å². The number of ether oxygens (including phenoxy) is 1. The zero-order chi connectivity index (χ0) is 14.5. The van der Waals surface area contributed by atoms with Gasteiger partial charge in [-0.2, -0.15) is 0 Å². The molecule has 0 aliphatic rings. The van der Waals surface area contributed by atoms with Crippen molar-refractivity contribution in [2.24, 2.45) is 5.84 Å². The lowest BCUT2D eigenvalue weighted by Crippen LogP contribution is -2.29. The molecular weight excluding hydrogens is 295 g/mol. The van der Waals surface area contributed by atoms with Crippen LogP contribution < -0.4 is 16.0 Å². The summed E-state index contributed by atoms with van der Waals surface area (Å²) in [5.41, 5.74) is 4.80. The van der Waals surface area contributed by atoms with Crippen LogP contribution in [0.25, 0.3) is 0 Å². The van der Waals surface area contributed by atoms with E-state index in [9.17, 15) is 0 Å². The van der Waals surface area contributed by atoms with Crippen molar-refractivity contribution in [1.82, 2.24) is 5.43 Å². The molecule has 0 saturated heterocycles. The van der Waals surface area contributed by atoms with Crippen molar-refractivity contribution >= 4 is 23.2 Å². The maximum Gasteiger partial charge on any atom is 0.122 e. The maximum absolute atomic E-state index is 6.03. The largest absolute Gasteiger partial charge is 0.496 e. The van der Waals surface area contributed by atoms with Gasteiger partial charge in [0.1, 0.15) is 5.75 Å². The Hall–Kier alpha value is -1.26. The van der Waals surface area contributed by atoms with Gasteiger partial charge in [-0.1, -0.05) is 41.4 Å². The normalized spacial score (nSPS) is 12.2. The average Bonchev–Trinajstić information content (AvgIpc) is 2.44. The zero-order valence-corrected chi connectivity index (χ0v) is 12.6. The first kappa shape index (κ1) is 15.1. The molecule has 1 unspecified atom stereocenters. The van der Waals surface area contributed by atoms with Crippen LogP contribution in [0.1, 0.15) is 17.2 Å². The number of hydrazine groups is 1. The molecule has 0 amide bonds. The third-order valence-corrected chi connectivity index (χ3v) is 3.54. The summed E-state index contributed by atoms with van der Waals surface area (Å²) in [4.78, 5) is 0. The lowest BCUT2D eigenvalue weighted by molar-refractivity contribution is 0.405. The van der Waals surface area contributed by atoms with Crippen molar-refractivity contribution in [2.45, 2.75) is 12.5 Å². The number of nitrogens with one attached hydrogen (secondary N) is 1. The van der Waals surface area contributed by atoms with E-state index in [2.05, 4.69) is 5.43 Å². The topological polar surface area (TPSA) is 47.3 Å². The number of halogens is 2. The molecule has 2 aromatic rings. The standard InChI is InChI=1S/C15H16Cl2N2O/c1-20-15-5-3-2-4-10(15)8-14(19-18)11-6-12(16)9-13(17)7-11/h2-7,9,14,19H,8,18H2,1H3. The van der Waals surface area contributed by atoms with Gasteiger partial charge in [-0.3, -0.25) is 11.3 Å². The van der Waals surface area contributed by atoms with Gasteiger partial charge in [0.15, 0.2) is 0 Å². The molecule has 0 aromatic heterocycles. The Labute approximate surface area is 128 Å². The van der Waals surface area contributed by atoms with Gasteiger partial charge in [0, 0.05) is 10.0 Å². The van der Waals surface area contributed by atoms with E-state index in [1.165, 1.54) is 0 Å². The Morgan fingerprint density at radius 1 is 1.15 bits per heavy atom. The third kappa shape index (κ3) is 3.64. The number of nitrogens with two attached hydrogens (primary N) is 1. The molecule has 0 aliphatic carbocycles. The molecule has 0 fully saturated rings. The number of methoxy groups -OCH3 is 1. The highest BCUT2D eigenvalue weighted by molar-refractivity contribution is 6.34. The summed E-state index contributed by atoms with van der Waals surface area (Å²) in [6, 6.07) is 13.1. The Kier molecular flexibility index (Phi) is 5.26. The van der Waals surface area contributed by atoms with E-state index in [1.807, 2.05) is 36.4 Å². The van der Waals surface area contributed by atoms with Gasteiger partial charge in [0.05, 0.1) is 13.2 Å². The van der Waals surface area contributed by atoms with Gasteiger partial charge in [-0.15, -0.1) is 0 Å². The van der Waals surface area contributed by atoms with Gasteiger partial charge in [0.2, 0.25) is 0 Å². The van der Waals surface area contributed by atoms with Crippen LogP contribution in [-0.4, -0.2) is 7.11 Å². The van der Waals surface area contributed by atoms with E-state index < -0.39 is 0 Å². The summed E-state index contributed by atoms with van der Waals surface area (Å²) in [5.74, 6) is 6.50. The van der Waals surface area contributed by atoms with Gasteiger partial charge in [0.25, 0.3) is 0 Å². The second kappa shape index (κ2) is 6.95. The van der Waals surface area contributed by atoms with Crippen molar-refractivity contribution in [3.63, 3.8) is 0 Å². The summed E-state index contributed by atoms with van der Waals surface area (Å²) in [6.07, 6.45) is 0.678. The second-order valence-corrected chi connectivity index (χ2v) is 5.31. The second-order valence-electron chi connectivity index (χ2n) is 4.44. The predicted octanol–water partition coefficient (Wildman–Crippen LogP) is 3.75. The lowest BCUT2D eigenvalue weighted by Gasteiger charge is -2.18. The number of para-hydroxylation sites is 1. The van der Waals surface area contributed by atoms with Crippen molar-refractivity contribution in [3.05, 3.63) is 63.6 Å². The number of benzene rings is 2. The molecule has 2 aromatic carbocycles. The van der Waals surface area contributed by atoms with Crippen LogP contribution in [0.4, 0.5) is 0 Å². The molecule has 0 bridgehead atoms. The number of hydrogen-bond donors (Lipinski definition) is 2. The molecule has 20 heavy (non-hydrogen) atoms. The Balaban J connectivity index is 2.28. The summed E-state index contributed by atoms with van der Waals surface area (Å²) in [7, 11) is 1.65. The van der Waals surface area contributed by atoms with E-state index in [-0.39, 0.29) is 6.04 Å². The van der Waals surface area contributed by atoms with E-state index in [0.29, 0.717) is 16.5 Å². The molecule has 0 heterocycles. The fraction of sp³-hybridized carbons (Fsp3) is 0.200. The first-order chi connectivity index (χ1) is 9.63. The van der Waals surface area contributed by atoms with Crippen LogP contribution in [0.5, 0.6) is 5.75 Å². The van der Waals surface area contributed by atoms with Crippen molar-refractivity contribution in [3.8, 4) is 5.75 Å². The minimum absolute atomic E-state index is 0.0949. The van der Waals surface area contributed by atoms with E-state index in [1.54, 1.807) is 13.2 Å². The maximum atomic E-state index is 6.03. The van der Waals surface area contributed by atoms with Gasteiger partial charge < -0.3 is 4.74 Å². The Morgan fingerprint density at radius 3 is 2.40 bits per heavy atom. The van der Waals surface area contributed by atoms with Crippen LogP contribution in [0.3, 0.4) is 0 Å². The van der Waals surface area contributed by atoms with Crippen LogP contribution in [0, 0.1) is 0 Å². The predicted molar refractivity (Wildman–Crippen MR) is 83.2 cm³/mol. The smallest absolute Gasteiger partial charge is 0.122 e. The van der Waals surface area contributed by atoms with Crippen LogP contribution >= 0.6 is 23.2 Å². The minimum Gasteiger partial charge on any atom is -0.496 e. The summed E-state index contributed by atoms with van der Waals surface area (Å²) < 4.78 is 5.35. The molecule has 0 aliphatic heterocycles. The third-order valence-electron chi connectivity index (χ3n) is 3.10. The molecule has 0 spiro atoms. The fourth-order valence-corrected chi connectivity index (χ4v) is 2.68. The molecule has 106 valence electrons.